The number of pyridine rings is 1. The van der Waals surface area contributed by atoms with Crippen LogP contribution in [0.3, 0.4) is 0 Å². The first-order valence-corrected chi connectivity index (χ1v) is 14.1. The molecule has 0 saturated carbocycles. The van der Waals surface area contributed by atoms with E-state index in [2.05, 4.69) is 96.1 Å². The van der Waals surface area contributed by atoms with Crippen molar-refractivity contribution in [2.75, 3.05) is 0 Å². The van der Waals surface area contributed by atoms with E-state index in [4.69, 9.17) is 4.98 Å². The summed E-state index contributed by atoms with van der Waals surface area (Å²) in [6.07, 6.45) is 3.14. The molecule has 0 radical (unpaired) electrons. The molecule has 3 aromatic heterocycles. The van der Waals surface area contributed by atoms with Crippen molar-refractivity contribution in [3.8, 4) is 11.3 Å². The predicted octanol–water partition coefficient (Wildman–Crippen LogP) is 10.3. The topological polar surface area (TPSA) is 12.9 Å². The summed E-state index contributed by atoms with van der Waals surface area (Å²) >= 11 is 3.90. The Labute approximate surface area is 215 Å². The quantitative estimate of drug-likeness (QED) is 0.239. The lowest BCUT2D eigenvalue weighted by atomic mass is 9.82. The summed E-state index contributed by atoms with van der Waals surface area (Å²) in [6.45, 7) is 13.8. The maximum atomic E-state index is 4.96. The summed E-state index contributed by atoms with van der Waals surface area (Å²) in [6, 6.07) is 20.3. The van der Waals surface area contributed by atoms with Crippen molar-refractivity contribution < 1.29 is 0 Å². The largest absolute Gasteiger partial charge is 0.255 e. The van der Waals surface area contributed by atoms with Crippen LogP contribution in [0.15, 0.2) is 60.8 Å². The fourth-order valence-electron chi connectivity index (χ4n) is 5.38. The summed E-state index contributed by atoms with van der Waals surface area (Å²) in [7, 11) is 0. The molecule has 0 spiro atoms. The third-order valence-electron chi connectivity index (χ3n) is 7.08. The molecular formula is C32H31NS2. The Balaban J connectivity index is 1.65. The van der Waals surface area contributed by atoms with Gasteiger partial charge in [-0.15, -0.1) is 22.7 Å². The number of hydrogen-bond donors (Lipinski definition) is 0. The minimum absolute atomic E-state index is 0.0520. The highest BCUT2D eigenvalue weighted by Crippen LogP contribution is 2.46. The van der Waals surface area contributed by atoms with Gasteiger partial charge in [0.15, 0.2) is 0 Å². The minimum atomic E-state index is 0.0520. The van der Waals surface area contributed by atoms with Crippen molar-refractivity contribution in [1.29, 1.82) is 0 Å². The number of aryl methyl sites for hydroxylation is 1. The summed E-state index contributed by atoms with van der Waals surface area (Å²) < 4.78 is 4.11. The maximum absolute atomic E-state index is 4.96. The lowest BCUT2D eigenvalue weighted by Gasteiger charge is -2.22. The van der Waals surface area contributed by atoms with E-state index in [1.54, 1.807) is 0 Å². The summed E-state index contributed by atoms with van der Waals surface area (Å²) in [5.74, 6) is 0.667. The van der Waals surface area contributed by atoms with E-state index in [1.165, 1.54) is 62.6 Å². The number of hydrogen-bond acceptors (Lipinski definition) is 3. The van der Waals surface area contributed by atoms with E-state index in [0.717, 1.165) is 12.1 Å². The van der Waals surface area contributed by atoms with Crippen LogP contribution in [0.25, 0.3) is 52.3 Å². The number of rotatable bonds is 3. The summed E-state index contributed by atoms with van der Waals surface area (Å²) in [4.78, 5) is 6.49. The van der Waals surface area contributed by atoms with Crippen molar-refractivity contribution in [1.82, 2.24) is 4.98 Å². The second-order valence-electron chi connectivity index (χ2n) is 11.2. The van der Waals surface area contributed by atoms with E-state index in [9.17, 15) is 0 Å². The van der Waals surface area contributed by atoms with Crippen LogP contribution in [0.1, 0.15) is 50.6 Å². The zero-order valence-corrected chi connectivity index (χ0v) is 23.0. The molecule has 1 nitrogen and oxygen atoms in total. The highest BCUT2D eigenvalue weighted by atomic mass is 32.1. The van der Waals surface area contributed by atoms with Crippen LogP contribution in [0.2, 0.25) is 0 Å². The number of aromatic nitrogens is 1. The van der Waals surface area contributed by atoms with Gasteiger partial charge in [-0.05, 0) is 70.8 Å². The van der Waals surface area contributed by atoms with Crippen LogP contribution in [0.5, 0.6) is 0 Å². The van der Waals surface area contributed by atoms with Gasteiger partial charge in [0, 0.05) is 42.2 Å². The highest BCUT2D eigenvalue weighted by Gasteiger charge is 2.21. The van der Waals surface area contributed by atoms with E-state index >= 15 is 0 Å². The van der Waals surface area contributed by atoms with Crippen molar-refractivity contribution >= 4 is 63.7 Å². The van der Waals surface area contributed by atoms with Crippen LogP contribution in [0.4, 0.5) is 0 Å². The van der Waals surface area contributed by atoms with Crippen LogP contribution in [-0.2, 0) is 11.8 Å². The second-order valence-corrected chi connectivity index (χ2v) is 13.4. The van der Waals surface area contributed by atoms with Gasteiger partial charge >= 0.3 is 0 Å². The van der Waals surface area contributed by atoms with Crippen LogP contribution < -0.4 is 0 Å². The fourth-order valence-corrected chi connectivity index (χ4v) is 8.28. The van der Waals surface area contributed by atoms with Crippen molar-refractivity contribution in [2.45, 2.75) is 53.4 Å². The van der Waals surface area contributed by atoms with Crippen LogP contribution in [0, 0.1) is 12.8 Å². The molecule has 0 amide bonds. The van der Waals surface area contributed by atoms with Gasteiger partial charge in [0.25, 0.3) is 0 Å². The van der Waals surface area contributed by atoms with E-state index in [1.807, 2.05) is 28.9 Å². The number of nitrogens with zero attached hydrogens (tertiary/aromatic N) is 1. The Kier molecular flexibility index (Phi) is 5.28. The van der Waals surface area contributed by atoms with Gasteiger partial charge in [-0.1, -0.05) is 65.0 Å². The number of thiophene rings is 2. The molecule has 3 aromatic carbocycles. The molecule has 176 valence electrons. The van der Waals surface area contributed by atoms with Gasteiger partial charge in [0.05, 0.1) is 10.4 Å². The number of benzene rings is 3. The Hall–Kier alpha value is -2.75. The van der Waals surface area contributed by atoms with Gasteiger partial charge in [-0.3, -0.25) is 4.98 Å². The Bertz CT molecular complexity index is 1740. The Morgan fingerprint density at radius 1 is 0.857 bits per heavy atom. The maximum Gasteiger partial charge on any atom is 0.0880 e. The highest BCUT2D eigenvalue weighted by molar-refractivity contribution is 7.28. The van der Waals surface area contributed by atoms with Gasteiger partial charge in [-0.2, -0.15) is 0 Å². The number of fused-ring (bicyclic) bond motifs is 6. The van der Waals surface area contributed by atoms with E-state index < -0.39 is 0 Å². The minimum Gasteiger partial charge on any atom is -0.255 e. The molecule has 0 aliphatic heterocycles. The summed E-state index contributed by atoms with van der Waals surface area (Å²) in [5, 5.41) is 6.74. The Morgan fingerprint density at radius 2 is 1.63 bits per heavy atom. The zero-order valence-electron chi connectivity index (χ0n) is 21.3. The first kappa shape index (κ1) is 22.7. The third kappa shape index (κ3) is 3.68. The molecule has 6 rings (SSSR count). The lowest BCUT2D eigenvalue weighted by Crippen LogP contribution is -2.12. The molecule has 0 N–H and O–H groups in total. The Morgan fingerprint density at radius 3 is 2.40 bits per heavy atom. The molecule has 0 saturated heterocycles. The van der Waals surface area contributed by atoms with Crippen molar-refractivity contribution in [3.05, 3.63) is 76.8 Å². The third-order valence-corrected chi connectivity index (χ3v) is 9.61. The first-order chi connectivity index (χ1) is 16.7. The molecule has 3 heteroatoms. The zero-order chi connectivity index (χ0) is 24.5. The molecule has 35 heavy (non-hydrogen) atoms. The fraction of sp³-hybridized carbons (Fsp3) is 0.281. The molecule has 0 bridgehead atoms. The monoisotopic (exact) mass is 493 g/mol. The first-order valence-electron chi connectivity index (χ1n) is 12.5. The SMILES string of the molecule is Cc1c(CC(C)C)sc2ccc3c4ccnc(-c5cc(C(C)(C)C)c6ccccc6c5)c4sc3c12. The molecule has 0 aliphatic carbocycles. The molecule has 0 aliphatic rings. The van der Waals surface area contributed by atoms with Gasteiger partial charge in [0.1, 0.15) is 0 Å². The molecule has 0 fully saturated rings. The second kappa shape index (κ2) is 8.15. The molecule has 0 unspecified atom stereocenters. The van der Waals surface area contributed by atoms with Crippen molar-refractivity contribution in [3.63, 3.8) is 0 Å². The average molecular weight is 494 g/mol. The lowest BCUT2D eigenvalue weighted by molar-refractivity contribution is 0.596. The van der Waals surface area contributed by atoms with E-state index in [0.29, 0.717) is 5.92 Å². The van der Waals surface area contributed by atoms with E-state index in [-0.39, 0.29) is 5.41 Å². The van der Waals surface area contributed by atoms with Crippen molar-refractivity contribution in [2.24, 2.45) is 5.92 Å². The molecule has 0 atom stereocenters. The predicted molar refractivity (Wildman–Crippen MR) is 157 cm³/mol. The van der Waals surface area contributed by atoms with Gasteiger partial charge in [0.2, 0.25) is 0 Å². The van der Waals surface area contributed by atoms with Gasteiger partial charge in [-0.25, -0.2) is 0 Å². The van der Waals surface area contributed by atoms with Crippen LogP contribution in [-0.4, -0.2) is 4.98 Å². The molecular weight excluding hydrogens is 462 g/mol. The normalized spacial score (nSPS) is 12.7. The summed E-state index contributed by atoms with van der Waals surface area (Å²) in [5.41, 5.74) is 5.20. The molecule has 6 aromatic rings. The van der Waals surface area contributed by atoms with Gasteiger partial charge < -0.3 is 0 Å². The average Bonchev–Trinajstić information content (AvgIpc) is 3.34. The standard InChI is InChI=1S/C32H31NS2/c1-18(2)15-27-19(3)28-26(34-27)12-11-23-24-13-14-33-29(31(24)35-30(23)28)21-16-20-9-7-8-10-22(20)25(17-21)32(4,5)6/h7-14,16-18H,15H2,1-6H3. The molecule has 3 heterocycles. The van der Waals surface area contributed by atoms with Crippen LogP contribution >= 0.6 is 22.7 Å². The smallest absolute Gasteiger partial charge is 0.0880 e.